The highest BCUT2D eigenvalue weighted by Crippen LogP contribution is 2.25. The first-order chi connectivity index (χ1) is 7.95. The van der Waals surface area contributed by atoms with Crippen LogP contribution in [0.4, 0.5) is 0 Å². The summed E-state index contributed by atoms with van der Waals surface area (Å²) >= 11 is 0. The number of likely N-dealkylation sites (N-methyl/N-ethyl adjacent to an activating group) is 1. The molecule has 0 unspecified atom stereocenters. The molecule has 0 amide bonds. The highest BCUT2D eigenvalue weighted by molar-refractivity contribution is 5.69. The summed E-state index contributed by atoms with van der Waals surface area (Å²) in [6.45, 7) is 14.2. The molecule has 3 nitrogen and oxygen atoms in total. The molecular formula is C14H29NO2. The summed E-state index contributed by atoms with van der Waals surface area (Å²) in [6.07, 6.45) is 2.55. The molecule has 0 rings (SSSR count). The van der Waals surface area contributed by atoms with Crippen molar-refractivity contribution in [1.29, 1.82) is 0 Å². The van der Waals surface area contributed by atoms with E-state index >= 15 is 0 Å². The average molecular weight is 243 g/mol. The normalized spacial score (nSPS) is 11.9. The quantitative estimate of drug-likeness (QED) is 0.583. The van der Waals surface area contributed by atoms with Gasteiger partial charge in [0.2, 0.25) is 0 Å². The predicted molar refractivity (Wildman–Crippen MR) is 72.1 cm³/mol. The molecule has 0 aromatic rings. The van der Waals surface area contributed by atoms with Gasteiger partial charge in [-0.2, -0.15) is 0 Å². The molecule has 0 aromatic carbocycles. The Bertz CT molecular complexity index is 210. The molecule has 0 saturated heterocycles. The second-order valence-electron chi connectivity index (χ2n) is 5.27. The Morgan fingerprint density at radius 1 is 1.18 bits per heavy atom. The van der Waals surface area contributed by atoms with Crippen LogP contribution in [0.25, 0.3) is 0 Å². The zero-order valence-corrected chi connectivity index (χ0v) is 12.2. The summed E-state index contributed by atoms with van der Waals surface area (Å²) in [5, 5.41) is 0. The fourth-order valence-corrected chi connectivity index (χ4v) is 1.52. The SMILES string of the molecule is CCN(CC)CCOC(=O)CCC(C)(C)CC. The molecule has 0 aliphatic rings. The zero-order chi connectivity index (χ0) is 13.3. The molecule has 3 heteroatoms. The van der Waals surface area contributed by atoms with Gasteiger partial charge in [0.05, 0.1) is 0 Å². The maximum Gasteiger partial charge on any atom is 0.305 e. The van der Waals surface area contributed by atoms with Crippen LogP contribution in [0.1, 0.15) is 53.9 Å². The standard InChI is InChI=1S/C14H29NO2/c1-6-14(4,5)10-9-13(16)17-12-11-15(7-2)8-3/h6-12H2,1-5H3. The number of ether oxygens (including phenoxy) is 1. The molecule has 0 radical (unpaired) electrons. The van der Waals surface area contributed by atoms with Crippen molar-refractivity contribution in [3.63, 3.8) is 0 Å². The molecule has 0 N–H and O–H groups in total. The topological polar surface area (TPSA) is 29.5 Å². The van der Waals surface area contributed by atoms with E-state index in [0.717, 1.165) is 32.5 Å². The van der Waals surface area contributed by atoms with E-state index in [4.69, 9.17) is 4.74 Å². The third kappa shape index (κ3) is 8.19. The maximum atomic E-state index is 11.5. The summed E-state index contributed by atoms with van der Waals surface area (Å²) < 4.78 is 5.24. The minimum absolute atomic E-state index is 0.0568. The Hall–Kier alpha value is -0.570. The first-order valence-corrected chi connectivity index (χ1v) is 6.83. The van der Waals surface area contributed by atoms with Crippen LogP contribution in [-0.4, -0.2) is 37.1 Å². The van der Waals surface area contributed by atoms with Crippen LogP contribution in [0.2, 0.25) is 0 Å². The summed E-state index contributed by atoms with van der Waals surface area (Å²) in [5.74, 6) is -0.0568. The summed E-state index contributed by atoms with van der Waals surface area (Å²) in [4.78, 5) is 13.8. The third-order valence-electron chi connectivity index (χ3n) is 3.53. The minimum Gasteiger partial charge on any atom is -0.464 e. The van der Waals surface area contributed by atoms with Crippen LogP contribution in [-0.2, 0) is 9.53 Å². The fourth-order valence-electron chi connectivity index (χ4n) is 1.52. The lowest BCUT2D eigenvalue weighted by atomic mass is 9.85. The van der Waals surface area contributed by atoms with Crippen LogP contribution >= 0.6 is 0 Å². The van der Waals surface area contributed by atoms with Crippen LogP contribution in [0, 0.1) is 5.41 Å². The molecular weight excluding hydrogens is 214 g/mol. The van der Waals surface area contributed by atoms with Crippen LogP contribution in [0.15, 0.2) is 0 Å². The van der Waals surface area contributed by atoms with E-state index in [0.29, 0.717) is 13.0 Å². The predicted octanol–water partition coefficient (Wildman–Crippen LogP) is 3.09. The zero-order valence-electron chi connectivity index (χ0n) is 12.2. The Morgan fingerprint density at radius 3 is 2.24 bits per heavy atom. The summed E-state index contributed by atoms with van der Waals surface area (Å²) in [7, 11) is 0. The van der Waals surface area contributed by atoms with E-state index in [1.54, 1.807) is 0 Å². The first kappa shape index (κ1) is 16.4. The van der Waals surface area contributed by atoms with E-state index in [1.807, 2.05) is 0 Å². The summed E-state index contributed by atoms with van der Waals surface area (Å²) in [5.41, 5.74) is 0.248. The number of carbonyl (C=O) groups is 1. The molecule has 102 valence electrons. The Balaban J connectivity index is 3.67. The second kappa shape index (κ2) is 8.51. The van der Waals surface area contributed by atoms with E-state index in [9.17, 15) is 4.79 Å². The van der Waals surface area contributed by atoms with Crippen molar-refractivity contribution in [2.45, 2.75) is 53.9 Å². The minimum atomic E-state index is -0.0568. The molecule has 0 spiro atoms. The lowest BCUT2D eigenvalue weighted by molar-refractivity contribution is -0.144. The smallest absolute Gasteiger partial charge is 0.305 e. The van der Waals surface area contributed by atoms with E-state index in [2.05, 4.69) is 39.5 Å². The van der Waals surface area contributed by atoms with Gasteiger partial charge >= 0.3 is 5.97 Å². The van der Waals surface area contributed by atoms with Gasteiger partial charge in [0.25, 0.3) is 0 Å². The lowest BCUT2D eigenvalue weighted by Gasteiger charge is -2.22. The number of esters is 1. The van der Waals surface area contributed by atoms with Crippen molar-refractivity contribution >= 4 is 5.97 Å². The van der Waals surface area contributed by atoms with Crippen LogP contribution in [0.5, 0.6) is 0 Å². The van der Waals surface area contributed by atoms with Crippen molar-refractivity contribution in [2.75, 3.05) is 26.2 Å². The monoisotopic (exact) mass is 243 g/mol. The Kier molecular flexibility index (Phi) is 8.23. The van der Waals surface area contributed by atoms with Gasteiger partial charge in [0.1, 0.15) is 6.61 Å². The molecule has 0 heterocycles. The van der Waals surface area contributed by atoms with Crippen LogP contribution in [0.3, 0.4) is 0 Å². The van der Waals surface area contributed by atoms with Crippen molar-refractivity contribution in [2.24, 2.45) is 5.41 Å². The van der Waals surface area contributed by atoms with Gasteiger partial charge in [-0.3, -0.25) is 4.79 Å². The van der Waals surface area contributed by atoms with Crippen molar-refractivity contribution in [3.8, 4) is 0 Å². The molecule has 0 aromatic heterocycles. The van der Waals surface area contributed by atoms with Gasteiger partial charge in [-0.15, -0.1) is 0 Å². The van der Waals surface area contributed by atoms with Crippen LogP contribution < -0.4 is 0 Å². The van der Waals surface area contributed by atoms with Gasteiger partial charge in [-0.05, 0) is 24.9 Å². The van der Waals surface area contributed by atoms with Gasteiger partial charge < -0.3 is 9.64 Å². The number of carbonyl (C=O) groups excluding carboxylic acids is 1. The summed E-state index contributed by atoms with van der Waals surface area (Å²) in [6, 6.07) is 0. The highest BCUT2D eigenvalue weighted by Gasteiger charge is 2.17. The van der Waals surface area contributed by atoms with E-state index in [-0.39, 0.29) is 11.4 Å². The maximum absolute atomic E-state index is 11.5. The van der Waals surface area contributed by atoms with Crippen molar-refractivity contribution < 1.29 is 9.53 Å². The largest absolute Gasteiger partial charge is 0.464 e. The molecule has 17 heavy (non-hydrogen) atoms. The highest BCUT2D eigenvalue weighted by atomic mass is 16.5. The molecule has 0 aliphatic heterocycles. The Labute approximate surface area is 107 Å². The van der Waals surface area contributed by atoms with Gasteiger partial charge in [0, 0.05) is 13.0 Å². The molecule has 0 saturated carbocycles. The molecule has 0 atom stereocenters. The molecule has 0 bridgehead atoms. The van der Waals surface area contributed by atoms with Gasteiger partial charge in [-0.25, -0.2) is 0 Å². The van der Waals surface area contributed by atoms with Gasteiger partial charge in [-0.1, -0.05) is 41.0 Å². The number of hydrogen-bond acceptors (Lipinski definition) is 3. The Morgan fingerprint density at radius 2 is 1.76 bits per heavy atom. The van der Waals surface area contributed by atoms with Gasteiger partial charge in [0.15, 0.2) is 0 Å². The average Bonchev–Trinajstić information content (AvgIpc) is 2.32. The van der Waals surface area contributed by atoms with E-state index in [1.165, 1.54) is 0 Å². The van der Waals surface area contributed by atoms with Crippen molar-refractivity contribution in [1.82, 2.24) is 4.90 Å². The van der Waals surface area contributed by atoms with Crippen molar-refractivity contribution in [3.05, 3.63) is 0 Å². The second-order valence-corrected chi connectivity index (χ2v) is 5.27. The lowest BCUT2D eigenvalue weighted by Crippen LogP contribution is -2.28. The molecule has 0 aliphatic carbocycles. The fraction of sp³-hybridized carbons (Fsp3) is 0.929. The first-order valence-electron chi connectivity index (χ1n) is 6.83. The number of rotatable bonds is 9. The number of nitrogens with zero attached hydrogens (tertiary/aromatic N) is 1. The third-order valence-corrected chi connectivity index (χ3v) is 3.53. The number of hydrogen-bond donors (Lipinski definition) is 0. The van der Waals surface area contributed by atoms with E-state index < -0.39 is 0 Å². The molecule has 0 fully saturated rings.